The van der Waals surface area contributed by atoms with E-state index in [-0.39, 0.29) is 12.3 Å². The van der Waals surface area contributed by atoms with Crippen molar-refractivity contribution < 1.29 is 4.79 Å². The molecular formula is C14H14N2O2. The van der Waals surface area contributed by atoms with Crippen molar-refractivity contribution in [3.8, 4) is 0 Å². The number of rotatable bonds is 3. The number of hydrogen-bond donors (Lipinski definition) is 0. The Balaban J connectivity index is 2.27. The van der Waals surface area contributed by atoms with E-state index < -0.39 is 5.69 Å². The lowest BCUT2D eigenvalue weighted by Crippen LogP contribution is -2.26. The van der Waals surface area contributed by atoms with Crippen molar-refractivity contribution in [2.45, 2.75) is 20.4 Å². The summed E-state index contributed by atoms with van der Waals surface area (Å²) in [6.45, 7) is 3.65. The normalized spacial score (nSPS) is 10.3. The second-order valence-corrected chi connectivity index (χ2v) is 4.22. The molecule has 0 aliphatic carbocycles. The molecule has 0 spiro atoms. The van der Waals surface area contributed by atoms with Gasteiger partial charge in [0.15, 0.2) is 5.78 Å². The van der Waals surface area contributed by atoms with Crippen LogP contribution in [-0.4, -0.2) is 15.3 Å². The molecule has 0 aliphatic rings. The Hall–Kier alpha value is -2.23. The van der Waals surface area contributed by atoms with E-state index >= 15 is 0 Å². The third-order valence-corrected chi connectivity index (χ3v) is 2.77. The molecule has 1 aromatic heterocycles. The zero-order valence-electron chi connectivity index (χ0n) is 10.4. The molecule has 0 atom stereocenters. The first-order chi connectivity index (χ1) is 8.58. The molecule has 0 saturated carbocycles. The van der Waals surface area contributed by atoms with Gasteiger partial charge in [0.2, 0.25) is 0 Å². The maximum Gasteiger partial charge on any atom is 0.348 e. The second kappa shape index (κ2) is 4.96. The van der Waals surface area contributed by atoms with Gasteiger partial charge in [0.1, 0.15) is 0 Å². The van der Waals surface area contributed by atoms with Gasteiger partial charge in [0.05, 0.1) is 6.54 Å². The first-order valence-electron chi connectivity index (χ1n) is 5.71. The number of hydrogen-bond acceptors (Lipinski definition) is 3. The largest absolute Gasteiger partial charge is 0.348 e. The number of aromatic nitrogens is 2. The van der Waals surface area contributed by atoms with Crippen LogP contribution in [0.1, 0.15) is 21.6 Å². The van der Waals surface area contributed by atoms with Gasteiger partial charge in [-0.1, -0.05) is 24.3 Å². The summed E-state index contributed by atoms with van der Waals surface area (Å²) in [5, 5.41) is 0. The summed E-state index contributed by atoms with van der Waals surface area (Å²) in [5.41, 5.74) is 1.82. The van der Waals surface area contributed by atoms with Gasteiger partial charge in [-0.3, -0.25) is 9.36 Å². The van der Waals surface area contributed by atoms with Crippen LogP contribution in [0.15, 0.2) is 41.3 Å². The van der Waals surface area contributed by atoms with Gasteiger partial charge < -0.3 is 0 Å². The van der Waals surface area contributed by atoms with Crippen LogP contribution in [0, 0.1) is 13.8 Å². The minimum atomic E-state index is -0.392. The number of Topliss-reactive ketones (excluding diaryl/α,β-unsaturated/α-hetero) is 1. The fourth-order valence-corrected chi connectivity index (χ4v) is 1.76. The number of ketones is 1. The van der Waals surface area contributed by atoms with E-state index in [4.69, 9.17) is 0 Å². The summed E-state index contributed by atoms with van der Waals surface area (Å²) in [6.07, 6.45) is 1.60. The van der Waals surface area contributed by atoms with Gasteiger partial charge >= 0.3 is 5.69 Å². The lowest BCUT2D eigenvalue weighted by molar-refractivity contribution is 0.0969. The number of carbonyl (C=O) groups is 1. The monoisotopic (exact) mass is 242 g/mol. The highest BCUT2D eigenvalue weighted by atomic mass is 16.2. The number of carbonyl (C=O) groups excluding carboxylic acids is 1. The third kappa shape index (κ3) is 2.53. The highest BCUT2D eigenvalue weighted by Gasteiger charge is 2.10. The van der Waals surface area contributed by atoms with Crippen LogP contribution in [0.25, 0.3) is 0 Å². The Labute approximate surface area is 105 Å². The fourth-order valence-electron chi connectivity index (χ4n) is 1.76. The Kier molecular flexibility index (Phi) is 3.37. The van der Waals surface area contributed by atoms with E-state index in [1.807, 2.05) is 25.1 Å². The summed E-state index contributed by atoms with van der Waals surface area (Å²) in [7, 11) is 0. The third-order valence-electron chi connectivity index (χ3n) is 2.77. The van der Waals surface area contributed by atoms with Crippen molar-refractivity contribution in [2.75, 3.05) is 0 Å². The molecule has 18 heavy (non-hydrogen) atoms. The maximum atomic E-state index is 12.1. The summed E-state index contributed by atoms with van der Waals surface area (Å²) in [4.78, 5) is 27.5. The lowest BCUT2D eigenvalue weighted by atomic mass is 10.1. The molecule has 0 saturated heterocycles. The van der Waals surface area contributed by atoms with Gasteiger partial charge in [-0.15, -0.1) is 0 Å². The van der Waals surface area contributed by atoms with Crippen molar-refractivity contribution >= 4 is 5.78 Å². The second-order valence-electron chi connectivity index (χ2n) is 4.22. The van der Waals surface area contributed by atoms with E-state index in [2.05, 4.69) is 4.98 Å². The van der Waals surface area contributed by atoms with Crippen LogP contribution in [0.2, 0.25) is 0 Å². The van der Waals surface area contributed by atoms with Gasteiger partial charge in [-0.25, -0.2) is 4.79 Å². The van der Waals surface area contributed by atoms with Crippen molar-refractivity contribution in [1.29, 1.82) is 0 Å². The summed E-state index contributed by atoms with van der Waals surface area (Å²) in [5.74, 6) is -0.0825. The lowest BCUT2D eigenvalue weighted by Gasteiger charge is -2.06. The summed E-state index contributed by atoms with van der Waals surface area (Å²) >= 11 is 0. The maximum absolute atomic E-state index is 12.1. The molecule has 4 heteroatoms. The molecule has 0 amide bonds. The quantitative estimate of drug-likeness (QED) is 0.770. The molecule has 92 valence electrons. The Bertz CT molecular complexity index is 644. The minimum Gasteiger partial charge on any atom is -0.292 e. The molecule has 0 fully saturated rings. The van der Waals surface area contributed by atoms with Gasteiger partial charge in [0, 0.05) is 17.5 Å². The van der Waals surface area contributed by atoms with Crippen LogP contribution in [0.4, 0.5) is 0 Å². The van der Waals surface area contributed by atoms with Crippen LogP contribution in [0.5, 0.6) is 0 Å². The summed E-state index contributed by atoms with van der Waals surface area (Å²) in [6, 6.07) is 9.06. The summed E-state index contributed by atoms with van der Waals surface area (Å²) < 4.78 is 1.32. The van der Waals surface area contributed by atoms with Crippen molar-refractivity contribution in [3.05, 3.63) is 63.8 Å². The van der Waals surface area contributed by atoms with Gasteiger partial charge in [-0.05, 0) is 25.5 Å². The van der Waals surface area contributed by atoms with E-state index in [9.17, 15) is 9.59 Å². The molecule has 1 heterocycles. The van der Waals surface area contributed by atoms with Crippen molar-refractivity contribution in [2.24, 2.45) is 0 Å². The predicted molar refractivity (Wildman–Crippen MR) is 68.7 cm³/mol. The van der Waals surface area contributed by atoms with Crippen LogP contribution in [-0.2, 0) is 6.54 Å². The first kappa shape index (κ1) is 12.2. The zero-order chi connectivity index (χ0) is 13.1. The molecule has 2 aromatic rings. The van der Waals surface area contributed by atoms with E-state index in [0.29, 0.717) is 11.3 Å². The van der Waals surface area contributed by atoms with Crippen LogP contribution in [0.3, 0.4) is 0 Å². The van der Waals surface area contributed by atoms with E-state index in [0.717, 1.165) is 5.56 Å². The highest BCUT2D eigenvalue weighted by molar-refractivity contribution is 5.97. The van der Waals surface area contributed by atoms with Gasteiger partial charge in [-0.2, -0.15) is 4.98 Å². The average Bonchev–Trinajstić information content (AvgIpc) is 2.33. The first-order valence-corrected chi connectivity index (χ1v) is 5.71. The topological polar surface area (TPSA) is 52.0 Å². The molecular weight excluding hydrogens is 228 g/mol. The highest BCUT2D eigenvalue weighted by Crippen LogP contribution is 2.08. The fraction of sp³-hybridized carbons (Fsp3) is 0.214. The minimum absolute atomic E-state index is 0.0248. The average molecular weight is 242 g/mol. The van der Waals surface area contributed by atoms with Gasteiger partial charge in [0.25, 0.3) is 0 Å². The number of aryl methyl sites for hydroxylation is 2. The standard InChI is InChI=1S/C14H14N2O2/c1-10-5-3-4-6-12(10)13(17)9-16-8-7-11(2)15-14(16)18/h3-8H,9H2,1-2H3. The smallest absolute Gasteiger partial charge is 0.292 e. The van der Waals surface area contributed by atoms with E-state index in [1.54, 1.807) is 25.3 Å². The Morgan fingerprint density at radius 1 is 1.22 bits per heavy atom. The van der Waals surface area contributed by atoms with Crippen molar-refractivity contribution in [3.63, 3.8) is 0 Å². The zero-order valence-corrected chi connectivity index (χ0v) is 10.4. The molecule has 0 N–H and O–H groups in total. The predicted octanol–water partition coefficient (Wildman–Crippen LogP) is 1.74. The van der Waals surface area contributed by atoms with Crippen LogP contribution < -0.4 is 5.69 Å². The molecule has 0 unspecified atom stereocenters. The molecule has 0 aliphatic heterocycles. The Morgan fingerprint density at radius 3 is 2.61 bits per heavy atom. The van der Waals surface area contributed by atoms with Crippen LogP contribution >= 0.6 is 0 Å². The molecule has 1 aromatic carbocycles. The van der Waals surface area contributed by atoms with Crippen molar-refractivity contribution in [1.82, 2.24) is 9.55 Å². The molecule has 0 radical (unpaired) electrons. The Morgan fingerprint density at radius 2 is 1.94 bits per heavy atom. The molecule has 2 rings (SSSR count). The number of nitrogens with zero attached hydrogens (tertiary/aromatic N) is 2. The van der Waals surface area contributed by atoms with E-state index in [1.165, 1.54) is 4.57 Å². The number of benzene rings is 1. The molecule has 0 bridgehead atoms. The SMILES string of the molecule is Cc1ccn(CC(=O)c2ccccc2C)c(=O)n1. The molecule has 4 nitrogen and oxygen atoms in total.